The van der Waals surface area contributed by atoms with E-state index in [1.807, 2.05) is 6.92 Å². The van der Waals surface area contributed by atoms with Crippen LogP contribution in [0.5, 0.6) is 0 Å². The summed E-state index contributed by atoms with van der Waals surface area (Å²) in [6.07, 6.45) is 5.21. The molecule has 8 heteroatoms. The Labute approximate surface area is 126 Å². The minimum atomic E-state index is -0.132. The van der Waals surface area contributed by atoms with E-state index >= 15 is 0 Å². The van der Waals surface area contributed by atoms with Crippen LogP contribution in [0.4, 0.5) is 0 Å². The summed E-state index contributed by atoms with van der Waals surface area (Å²) in [6.45, 7) is 3.30. The lowest BCUT2D eigenvalue weighted by Crippen LogP contribution is -2.25. The minimum absolute atomic E-state index is 0.132. The molecule has 3 heterocycles. The molecule has 3 rings (SSSR count). The molecule has 0 fully saturated rings. The summed E-state index contributed by atoms with van der Waals surface area (Å²) < 4.78 is 5.98. The second kappa shape index (κ2) is 6.30. The maximum Gasteiger partial charge on any atom is 0.265 e. The van der Waals surface area contributed by atoms with E-state index in [4.69, 9.17) is 0 Å². The number of fused-ring (bicyclic) bond motifs is 1. The third-order valence-electron chi connectivity index (χ3n) is 3.69. The molecule has 0 spiro atoms. The summed E-state index contributed by atoms with van der Waals surface area (Å²) in [7, 11) is 0. The number of hydrogen-bond donors (Lipinski definition) is 1. The van der Waals surface area contributed by atoms with Crippen molar-refractivity contribution >= 4 is 17.4 Å². The van der Waals surface area contributed by atoms with Gasteiger partial charge >= 0.3 is 0 Å². The van der Waals surface area contributed by atoms with Crippen molar-refractivity contribution < 1.29 is 4.79 Å². The number of aryl methyl sites for hydroxylation is 2. The van der Waals surface area contributed by atoms with Crippen LogP contribution in [0.1, 0.15) is 53.2 Å². The average Bonchev–Trinajstić information content (AvgIpc) is 3.06. The van der Waals surface area contributed by atoms with E-state index in [0.29, 0.717) is 17.8 Å². The van der Waals surface area contributed by atoms with Gasteiger partial charge in [-0.1, -0.05) is 17.8 Å². The minimum Gasteiger partial charge on any atom is -0.344 e. The van der Waals surface area contributed by atoms with Crippen molar-refractivity contribution in [3.8, 4) is 0 Å². The van der Waals surface area contributed by atoms with Crippen LogP contribution in [0, 0.1) is 0 Å². The van der Waals surface area contributed by atoms with Gasteiger partial charge in [-0.25, -0.2) is 0 Å². The van der Waals surface area contributed by atoms with Crippen molar-refractivity contribution in [2.45, 2.75) is 52.1 Å². The lowest BCUT2D eigenvalue weighted by molar-refractivity contribution is 0.0952. The average molecular weight is 306 g/mol. The number of rotatable bonds is 4. The highest BCUT2D eigenvalue weighted by atomic mass is 32.1. The molecule has 112 valence electrons. The number of carbonyl (C=O) groups is 1. The first kappa shape index (κ1) is 14.1. The highest BCUT2D eigenvalue weighted by Gasteiger charge is 2.18. The molecule has 0 saturated heterocycles. The second-order valence-electron chi connectivity index (χ2n) is 5.08. The predicted octanol–water partition coefficient (Wildman–Crippen LogP) is 1.35. The van der Waals surface area contributed by atoms with Crippen molar-refractivity contribution in [2.75, 3.05) is 0 Å². The van der Waals surface area contributed by atoms with Gasteiger partial charge in [-0.15, -0.1) is 15.3 Å². The van der Waals surface area contributed by atoms with Crippen LogP contribution in [0.3, 0.4) is 0 Å². The molecule has 0 radical (unpaired) electrons. The third kappa shape index (κ3) is 2.94. The van der Waals surface area contributed by atoms with E-state index in [1.165, 1.54) is 6.42 Å². The molecule has 7 nitrogen and oxygen atoms in total. The quantitative estimate of drug-likeness (QED) is 0.921. The largest absolute Gasteiger partial charge is 0.344 e. The fraction of sp³-hybridized carbons (Fsp3) is 0.615. The number of amides is 1. The maximum atomic E-state index is 12.2. The highest BCUT2D eigenvalue weighted by Crippen LogP contribution is 2.15. The molecule has 21 heavy (non-hydrogen) atoms. The van der Waals surface area contributed by atoms with Crippen LogP contribution >= 0.6 is 11.5 Å². The molecule has 0 bridgehead atoms. The summed E-state index contributed by atoms with van der Waals surface area (Å²) in [6, 6.07) is 0. The van der Waals surface area contributed by atoms with E-state index in [0.717, 1.165) is 54.7 Å². The summed E-state index contributed by atoms with van der Waals surface area (Å²) in [4.78, 5) is 12.8. The van der Waals surface area contributed by atoms with Crippen molar-refractivity contribution in [3.63, 3.8) is 0 Å². The van der Waals surface area contributed by atoms with Crippen LogP contribution in [0.2, 0.25) is 0 Å². The molecule has 2 aromatic heterocycles. The Hall–Kier alpha value is -1.83. The molecule has 2 aromatic rings. The predicted molar refractivity (Wildman–Crippen MR) is 78.0 cm³/mol. The van der Waals surface area contributed by atoms with Crippen molar-refractivity contribution in [2.24, 2.45) is 0 Å². The van der Waals surface area contributed by atoms with Crippen molar-refractivity contribution in [1.82, 2.24) is 29.7 Å². The van der Waals surface area contributed by atoms with Gasteiger partial charge in [0.2, 0.25) is 0 Å². The van der Waals surface area contributed by atoms with Gasteiger partial charge in [0.15, 0.2) is 5.82 Å². The molecule has 0 unspecified atom stereocenters. The van der Waals surface area contributed by atoms with Gasteiger partial charge in [0.05, 0.1) is 12.2 Å². The number of nitrogens with one attached hydrogen (secondary N) is 1. The second-order valence-corrected chi connectivity index (χ2v) is 5.83. The van der Waals surface area contributed by atoms with E-state index in [2.05, 4.69) is 29.7 Å². The van der Waals surface area contributed by atoms with Gasteiger partial charge in [-0.3, -0.25) is 4.79 Å². The highest BCUT2D eigenvalue weighted by molar-refractivity contribution is 7.08. The van der Waals surface area contributed by atoms with Crippen LogP contribution < -0.4 is 5.32 Å². The first-order chi connectivity index (χ1) is 10.3. The van der Waals surface area contributed by atoms with Gasteiger partial charge in [0, 0.05) is 13.0 Å². The molecule has 0 aromatic carbocycles. The molecule has 1 N–H and O–H groups in total. The first-order valence-electron chi connectivity index (χ1n) is 7.30. The van der Waals surface area contributed by atoms with Gasteiger partial charge in [0.25, 0.3) is 5.91 Å². The molecule has 0 atom stereocenters. The summed E-state index contributed by atoms with van der Waals surface area (Å²) in [5, 5.41) is 15.3. The van der Waals surface area contributed by atoms with E-state index in [9.17, 15) is 4.79 Å². The monoisotopic (exact) mass is 306 g/mol. The zero-order valence-corrected chi connectivity index (χ0v) is 12.8. The SMILES string of the molecule is CCc1nnsc1C(=O)NCc1nnc2n1CCCCC2. The molecule has 0 aliphatic carbocycles. The van der Waals surface area contributed by atoms with Gasteiger partial charge in [-0.2, -0.15) is 0 Å². The fourth-order valence-electron chi connectivity index (χ4n) is 2.53. The Bertz CT molecular complexity index is 634. The van der Waals surface area contributed by atoms with Gasteiger partial charge in [-0.05, 0) is 30.8 Å². The standard InChI is InChI=1S/C13H18N6OS/c1-2-9-12(21-18-15-9)13(20)14-8-11-17-16-10-6-4-3-5-7-19(10)11/h2-8H2,1H3,(H,14,20). The van der Waals surface area contributed by atoms with E-state index < -0.39 is 0 Å². The lowest BCUT2D eigenvalue weighted by atomic mass is 10.2. The molecule has 0 saturated carbocycles. The Morgan fingerprint density at radius 3 is 3.05 bits per heavy atom. The Balaban J connectivity index is 1.68. The summed E-state index contributed by atoms with van der Waals surface area (Å²) in [5.74, 6) is 1.73. The molecular formula is C13H18N6OS. The van der Waals surface area contributed by atoms with Crippen LogP contribution in [0.25, 0.3) is 0 Å². The lowest BCUT2D eigenvalue weighted by Gasteiger charge is -2.07. The first-order valence-corrected chi connectivity index (χ1v) is 8.07. The zero-order valence-electron chi connectivity index (χ0n) is 12.0. The molecule has 1 amide bonds. The van der Waals surface area contributed by atoms with Crippen molar-refractivity contribution in [3.05, 3.63) is 22.2 Å². The van der Waals surface area contributed by atoms with Crippen LogP contribution in [-0.4, -0.2) is 30.3 Å². The molecule has 1 aliphatic heterocycles. The van der Waals surface area contributed by atoms with Gasteiger partial charge < -0.3 is 9.88 Å². The normalized spacial score (nSPS) is 14.5. The fourth-order valence-corrected chi connectivity index (χ4v) is 3.19. The number of hydrogen-bond acceptors (Lipinski definition) is 6. The number of aromatic nitrogens is 5. The number of nitrogens with zero attached hydrogens (tertiary/aromatic N) is 5. The van der Waals surface area contributed by atoms with Crippen LogP contribution in [-0.2, 0) is 25.9 Å². The van der Waals surface area contributed by atoms with E-state index in [-0.39, 0.29) is 5.91 Å². The smallest absolute Gasteiger partial charge is 0.265 e. The Kier molecular flexibility index (Phi) is 4.23. The Morgan fingerprint density at radius 1 is 1.29 bits per heavy atom. The zero-order chi connectivity index (χ0) is 14.7. The summed E-state index contributed by atoms with van der Waals surface area (Å²) >= 11 is 1.14. The van der Waals surface area contributed by atoms with E-state index in [1.54, 1.807) is 0 Å². The third-order valence-corrected chi connectivity index (χ3v) is 4.46. The Morgan fingerprint density at radius 2 is 2.19 bits per heavy atom. The van der Waals surface area contributed by atoms with Gasteiger partial charge in [0.1, 0.15) is 10.7 Å². The topological polar surface area (TPSA) is 85.6 Å². The number of carbonyl (C=O) groups excluding carboxylic acids is 1. The molecular weight excluding hydrogens is 288 g/mol. The maximum absolute atomic E-state index is 12.2. The molecule has 1 aliphatic rings. The summed E-state index contributed by atoms with van der Waals surface area (Å²) in [5.41, 5.74) is 0.748. The van der Waals surface area contributed by atoms with Crippen molar-refractivity contribution in [1.29, 1.82) is 0 Å². The van der Waals surface area contributed by atoms with Crippen LogP contribution in [0.15, 0.2) is 0 Å².